The molecular weight excluding hydrogens is 436 g/mol. The Hall–Kier alpha value is -2.98. The van der Waals surface area contributed by atoms with Gasteiger partial charge in [-0.2, -0.15) is 10.4 Å². The van der Waals surface area contributed by atoms with Crippen molar-refractivity contribution in [2.24, 2.45) is 22.4 Å². The average molecular weight is 456 g/mol. The quantitative estimate of drug-likeness (QED) is 0.619. The molecule has 164 valence electrons. The lowest BCUT2D eigenvalue weighted by Gasteiger charge is -2.40. The summed E-state index contributed by atoms with van der Waals surface area (Å²) in [6.07, 6.45) is 4.26. The molecule has 0 N–H and O–H groups in total. The van der Waals surface area contributed by atoms with Crippen LogP contribution < -0.4 is 4.74 Å². The van der Waals surface area contributed by atoms with Gasteiger partial charge in [-0.1, -0.05) is 11.6 Å². The molecule has 1 heterocycles. The molecule has 0 spiro atoms. The predicted molar refractivity (Wildman–Crippen MR) is 114 cm³/mol. The van der Waals surface area contributed by atoms with Crippen LogP contribution in [0.15, 0.2) is 41.5 Å². The largest absolute Gasteiger partial charge is 0.492 e. The second kappa shape index (κ2) is 7.86. The summed E-state index contributed by atoms with van der Waals surface area (Å²) in [7, 11) is 0. The van der Waals surface area contributed by atoms with E-state index in [0.717, 1.165) is 18.9 Å². The molecule has 1 aliphatic heterocycles. The van der Waals surface area contributed by atoms with Crippen molar-refractivity contribution >= 4 is 23.7 Å². The van der Waals surface area contributed by atoms with Gasteiger partial charge in [0.1, 0.15) is 17.4 Å². The zero-order chi connectivity index (χ0) is 22.5. The van der Waals surface area contributed by atoms with Gasteiger partial charge < -0.3 is 4.74 Å². The highest BCUT2D eigenvalue weighted by atomic mass is 35.5. The maximum Gasteiger partial charge on any atom is 0.249 e. The van der Waals surface area contributed by atoms with E-state index in [0.29, 0.717) is 47.3 Å². The predicted octanol–water partition coefficient (Wildman–Crippen LogP) is 5.24. The van der Waals surface area contributed by atoms with Crippen molar-refractivity contribution in [1.29, 1.82) is 5.26 Å². The topological polar surface area (TPSA) is 65.7 Å². The van der Waals surface area contributed by atoms with Crippen molar-refractivity contribution in [3.05, 3.63) is 64.2 Å². The number of fused-ring (bicyclic) bond motifs is 1. The van der Waals surface area contributed by atoms with E-state index in [1.807, 2.05) is 6.07 Å². The molecule has 2 unspecified atom stereocenters. The maximum atomic E-state index is 13.7. The Morgan fingerprint density at radius 3 is 2.66 bits per heavy atom. The maximum absolute atomic E-state index is 13.7. The van der Waals surface area contributed by atoms with Gasteiger partial charge in [0, 0.05) is 18.7 Å². The van der Waals surface area contributed by atoms with Crippen LogP contribution in [0.4, 0.5) is 8.78 Å². The number of nitriles is 1. The fourth-order valence-corrected chi connectivity index (χ4v) is 5.59. The Balaban J connectivity index is 1.26. The number of amides is 1. The summed E-state index contributed by atoms with van der Waals surface area (Å²) in [6, 6.07) is 9.79. The monoisotopic (exact) mass is 455 g/mol. The van der Waals surface area contributed by atoms with Gasteiger partial charge in [0.05, 0.1) is 34.7 Å². The zero-order valence-electron chi connectivity index (χ0n) is 17.1. The van der Waals surface area contributed by atoms with E-state index in [1.54, 1.807) is 24.4 Å². The second-order valence-electron chi connectivity index (χ2n) is 8.88. The molecule has 0 saturated heterocycles. The molecule has 4 aliphatic rings. The minimum Gasteiger partial charge on any atom is -0.492 e. The third-order valence-corrected chi connectivity index (χ3v) is 7.20. The van der Waals surface area contributed by atoms with Crippen LogP contribution in [0.1, 0.15) is 42.9 Å². The highest BCUT2D eigenvalue weighted by Crippen LogP contribution is 2.63. The van der Waals surface area contributed by atoms with Gasteiger partial charge >= 0.3 is 0 Å². The summed E-state index contributed by atoms with van der Waals surface area (Å²) in [5.74, 6) is -0.306. The molecule has 5 nitrogen and oxygen atoms in total. The molecule has 1 amide bonds. The summed E-state index contributed by atoms with van der Waals surface area (Å²) < 4.78 is 33.3. The minimum atomic E-state index is -0.666. The first-order valence-corrected chi connectivity index (χ1v) is 10.9. The highest BCUT2D eigenvalue weighted by Gasteiger charge is 2.62. The van der Waals surface area contributed by atoms with Crippen molar-refractivity contribution in [2.45, 2.75) is 31.7 Å². The van der Waals surface area contributed by atoms with Crippen molar-refractivity contribution in [3.63, 3.8) is 0 Å². The molecule has 3 saturated carbocycles. The standard InChI is InChI=1S/C24H20ClF2N3O2/c25-20-5-14(12-28)1-2-22(20)32-13-17-11-24(9-16(17)10-24)23(31)30-21(3-4-29-30)15-6-18(26)8-19(27)7-15/h1-2,4-8,16-17,21H,3,9-11,13H2. The number of hydrogen-bond donors (Lipinski definition) is 0. The number of halogens is 3. The number of nitrogens with zero attached hydrogens (tertiary/aromatic N) is 3. The van der Waals surface area contributed by atoms with E-state index >= 15 is 0 Å². The van der Waals surface area contributed by atoms with E-state index in [1.165, 1.54) is 17.1 Å². The summed E-state index contributed by atoms with van der Waals surface area (Å²) >= 11 is 6.19. The summed E-state index contributed by atoms with van der Waals surface area (Å²) in [5, 5.41) is 15.0. The Bertz CT molecular complexity index is 1140. The van der Waals surface area contributed by atoms with Gasteiger partial charge in [0.25, 0.3) is 0 Å². The van der Waals surface area contributed by atoms with Gasteiger partial charge in [-0.05, 0) is 67.0 Å². The summed E-state index contributed by atoms with van der Waals surface area (Å²) in [4.78, 5) is 13.4. The normalized spacial score (nSPS) is 27.8. The van der Waals surface area contributed by atoms with Gasteiger partial charge in [-0.25, -0.2) is 13.8 Å². The average Bonchev–Trinajstić information content (AvgIpc) is 3.44. The molecule has 2 atom stereocenters. The lowest BCUT2D eigenvalue weighted by molar-refractivity contribution is -0.148. The molecule has 32 heavy (non-hydrogen) atoms. The molecule has 2 bridgehead atoms. The Morgan fingerprint density at radius 1 is 1.22 bits per heavy atom. The van der Waals surface area contributed by atoms with Crippen LogP contribution in [0.2, 0.25) is 5.02 Å². The van der Waals surface area contributed by atoms with E-state index in [-0.39, 0.29) is 11.8 Å². The molecule has 2 aromatic rings. The smallest absolute Gasteiger partial charge is 0.249 e. The number of carbonyl (C=O) groups is 1. The minimum absolute atomic E-state index is 0.0870. The van der Waals surface area contributed by atoms with Crippen LogP contribution in [0, 0.1) is 40.2 Å². The number of ether oxygens (including phenoxy) is 1. The van der Waals surface area contributed by atoms with Crippen LogP contribution >= 0.6 is 11.6 Å². The van der Waals surface area contributed by atoms with Gasteiger partial charge in [0.2, 0.25) is 5.91 Å². The molecule has 0 radical (unpaired) electrons. The van der Waals surface area contributed by atoms with E-state index < -0.39 is 23.1 Å². The number of hydrazone groups is 1. The summed E-state index contributed by atoms with van der Waals surface area (Å²) in [6.45, 7) is 0.438. The Morgan fingerprint density at radius 2 is 1.97 bits per heavy atom. The number of benzene rings is 2. The zero-order valence-corrected chi connectivity index (χ0v) is 17.9. The first-order chi connectivity index (χ1) is 15.4. The van der Waals surface area contributed by atoms with E-state index in [4.69, 9.17) is 21.6 Å². The van der Waals surface area contributed by atoms with Gasteiger partial charge in [0.15, 0.2) is 0 Å². The number of carbonyl (C=O) groups excluding carboxylic acids is 1. The lowest BCUT2D eigenvalue weighted by Crippen LogP contribution is -2.45. The SMILES string of the molecule is N#Cc1ccc(OCC2CC3(C(=O)N4N=CCC4c4cc(F)cc(F)c4)CC2C3)c(Cl)c1. The highest BCUT2D eigenvalue weighted by molar-refractivity contribution is 6.32. The Kier molecular flexibility index (Phi) is 5.13. The first-order valence-electron chi connectivity index (χ1n) is 10.5. The van der Waals surface area contributed by atoms with Crippen molar-refractivity contribution in [2.75, 3.05) is 6.61 Å². The first kappa shape index (κ1) is 20.9. The van der Waals surface area contributed by atoms with Crippen LogP contribution in [-0.4, -0.2) is 23.7 Å². The van der Waals surface area contributed by atoms with Crippen LogP contribution in [0.5, 0.6) is 5.75 Å². The second-order valence-corrected chi connectivity index (χ2v) is 9.29. The van der Waals surface area contributed by atoms with Crippen molar-refractivity contribution in [1.82, 2.24) is 5.01 Å². The number of rotatable bonds is 5. The molecule has 2 aromatic carbocycles. The summed E-state index contributed by atoms with van der Waals surface area (Å²) in [5.41, 5.74) is 0.377. The van der Waals surface area contributed by atoms with Crippen molar-refractivity contribution < 1.29 is 18.3 Å². The van der Waals surface area contributed by atoms with Gasteiger partial charge in [-0.15, -0.1) is 0 Å². The molecule has 8 heteroatoms. The van der Waals surface area contributed by atoms with Crippen LogP contribution in [-0.2, 0) is 4.79 Å². The fraction of sp³-hybridized carbons (Fsp3) is 0.375. The molecule has 3 fully saturated rings. The fourth-order valence-electron chi connectivity index (χ4n) is 5.35. The number of hydrogen-bond acceptors (Lipinski definition) is 4. The van der Waals surface area contributed by atoms with Gasteiger partial charge in [-0.3, -0.25) is 4.79 Å². The van der Waals surface area contributed by atoms with E-state index in [2.05, 4.69) is 5.10 Å². The Labute approximate surface area is 189 Å². The van der Waals surface area contributed by atoms with Crippen molar-refractivity contribution in [3.8, 4) is 11.8 Å². The third-order valence-electron chi connectivity index (χ3n) is 6.90. The third kappa shape index (κ3) is 3.53. The molecular formula is C24H20ClF2N3O2. The molecule has 3 aliphatic carbocycles. The molecule has 6 rings (SSSR count). The molecule has 0 aromatic heterocycles. The van der Waals surface area contributed by atoms with Crippen LogP contribution in [0.25, 0.3) is 0 Å². The lowest BCUT2D eigenvalue weighted by atomic mass is 9.68. The van der Waals surface area contributed by atoms with E-state index in [9.17, 15) is 13.6 Å². The van der Waals surface area contributed by atoms with Crippen LogP contribution in [0.3, 0.4) is 0 Å².